The third-order valence-electron chi connectivity index (χ3n) is 4.13. The van der Waals surface area contributed by atoms with Crippen LogP contribution in [0.3, 0.4) is 0 Å². The fraction of sp³-hybridized carbons (Fsp3) is 0.444. The number of ether oxygens (including phenoxy) is 2. The normalized spacial score (nSPS) is 17.5. The summed E-state index contributed by atoms with van der Waals surface area (Å²) in [5.74, 6) is 0.630. The molecule has 2 heterocycles. The molecule has 6 nitrogen and oxygen atoms in total. The quantitative estimate of drug-likeness (QED) is 0.885. The molecule has 1 aromatic heterocycles. The Morgan fingerprint density at radius 1 is 1.42 bits per heavy atom. The molecule has 1 amide bonds. The van der Waals surface area contributed by atoms with E-state index in [4.69, 9.17) is 9.47 Å². The summed E-state index contributed by atoms with van der Waals surface area (Å²) in [6, 6.07) is 7.53. The number of nitrogens with one attached hydrogen (secondary N) is 1. The predicted molar refractivity (Wildman–Crippen MR) is 91.1 cm³/mol. The molecule has 1 saturated heterocycles. The van der Waals surface area contributed by atoms with Gasteiger partial charge in [-0.25, -0.2) is 0 Å². The van der Waals surface area contributed by atoms with Crippen LogP contribution in [-0.2, 0) is 22.5 Å². The minimum Gasteiger partial charge on any atom is -0.496 e. The molecule has 1 aliphatic heterocycles. The number of carbonyl (C=O) groups is 1. The highest BCUT2D eigenvalue weighted by atomic mass is 16.5. The van der Waals surface area contributed by atoms with E-state index in [0.29, 0.717) is 5.69 Å². The van der Waals surface area contributed by atoms with Crippen LogP contribution in [0, 0.1) is 0 Å². The van der Waals surface area contributed by atoms with Crippen molar-refractivity contribution in [1.29, 1.82) is 0 Å². The summed E-state index contributed by atoms with van der Waals surface area (Å²) < 4.78 is 12.8. The lowest BCUT2D eigenvalue weighted by Crippen LogP contribution is -2.24. The van der Waals surface area contributed by atoms with Gasteiger partial charge in [-0.3, -0.25) is 9.48 Å². The predicted octanol–water partition coefficient (Wildman–Crippen LogP) is 2.64. The van der Waals surface area contributed by atoms with E-state index in [1.54, 1.807) is 13.3 Å². The topological polar surface area (TPSA) is 65.4 Å². The van der Waals surface area contributed by atoms with Crippen LogP contribution in [0.25, 0.3) is 0 Å². The highest BCUT2D eigenvalue weighted by Gasteiger charge is 2.15. The molecule has 1 fully saturated rings. The van der Waals surface area contributed by atoms with Gasteiger partial charge in [-0.05, 0) is 25.3 Å². The largest absolute Gasteiger partial charge is 0.496 e. The van der Waals surface area contributed by atoms with Crippen LogP contribution in [0.1, 0.15) is 24.8 Å². The molecule has 0 saturated carbocycles. The second kappa shape index (κ2) is 7.97. The Bertz CT molecular complexity index is 678. The highest BCUT2D eigenvalue weighted by molar-refractivity contribution is 5.92. The smallest absolute Gasteiger partial charge is 0.229 e. The average Bonchev–Trinajstić information content (AvgIpc) is 3.03. The van der Waals surface area contributed by atoms with Crippen LogP contribution >= 0.6 is 0 Å². The molecule has 1 unspecified atom stereocenters. The minimum atomic E-state index is -0.0898. The van der Waals surface area contributed by atoms with Crippen molar-refractivity contribution in [3.05, 3.63) is 42.2 Å². The van der Waals surface area contributed by atoms with Crippen molar-refractivity contribution in [2.24, 2.45) is 0 Å². The summed E-state index contributed by atoms with van der Waals surface area (Å²) in [6.07, 6.45) is 7.40. The van der Waals surface area contributed by atoms with Gasteiger partial charge < -0.3 is 14.8 Å². The molecule has 2 aromatic rings. The maximum absolute atomic E-state index is 12.2. The number of para-hydroxylation sites is 1. The number of methoxy groups -OCH3 is 1. The van der Waals surface area contributed by atoms with E-state index in [2.05, 4.69) is 10.4 Å². The standard InChI is InChI=1S/C18H23N3O3/c1-23-17-8-3-2-6-14(17)10-18(22)20-15-11-19-21(12-15)13-16-7-4-5-9-24-16/h2-3,6,8,11-12,16H,4-5,7,9-10,13H2,1H3,(H,20,22). The van der Waals surface area contributed by atoms with Crippen LogP contribution in [0.15, 0.2) is 36.7 Å². The van der Waals surface area contributed by atoms with Gasteiger partial charge >= 0.3 is 0 Å². The fourth-order valence-electron chi connectivity index (χ4n) is 2.92. The summed E-state index contributed by atoms with van der Waals surface area (Å²) in [4.78, 5) is 12.2. The molecular weight excluding hydrogens is 306 g/mol. The van der Waals surface area contributed by atoms with E-state index in [0.717, 1.165) is 37.3 Å². The van der Waals surface area contributed by atoms with Gasteiger partial charge in [0, 0.05) is 18.4 Å². The van der Waals surface area contributed by atoms with Gasteiger partial charge in [0.2, 0.25) is 5.91 Å². The summed E-state index contributed by atoms with van der Waals surface area (Å²) in [6.45, 7) is 1.55. The van der Waals surface area contributed by atoms with Crippen molar-refractivity contribution in [2.75, 3.05) is 19.0 Å². The van der Waals surface area contributed by atoms with Crippen LogP contribution in [0.2, 0.25) is 0 Å². The molecular formula is C18H23N3O3. The Hall–Kier alpha value is -2.34. The number of rotatable bonds is 6. The van der Waals surface area contributed by atoms with Gasteiger partial charge in [0.1, 0.15) is 5.75 Å². The molecule has 0 bridgehead atoms. The zero-order valence-corrected chi connectivity index (χ0v) is 13.9. The Morgan fingerprint density at radius 3 is 3.08 bits per heavy atom. The third kappa shape index (κ3) is 4.35. The van der Waals surface area contributed by atoms with Crippen molar-refractivity contribution in [1.82, 2.24) is 9.78 Å². The van der Waals surface area contributed by atoms with Gasteiger partial charge in [0.05, 0.1) is 38.1 Å². The summed E-state index contributed by atoms with van der Waals surface area (Å²) >= 11 is 0. The molecule has 0 aliphatic carbocycles. The summed E-state index contributed by atoms with van der Waals surface area (Å²) in [5.41, 5.74) is 1.56. The number of benzene rings is 1. The van der Waals surface area contributed by atoms with Crippen LogP contribution in [0.4, 0.5) is 5.69 Å². The Morgan fingerprint density at radius 2 is 2.29 bits per heavy atom. The van der Waals surface area contributed by atoms with Crippen LogP contribution in [0.5, 0.6) is 5.75 Å². The second-order valence-corrected chi connectivity index (χ2v) is 5.98. The minimum absolute atomic E-state index is 0.0898. The fourth-order valence-corrected chi connectivity index (χ4v) is 2.92. The number of nitrogens with zero attached hydrogens (tertiary/aromatic N) is 2. The summed E-state index contributed by atoms with van der Waals surface area (Å²) in [7, 11) is 1.61. The van der Waals surface area contributed by atoms with E-state index in [-0.39, 0.29) is 18.4 Å². The first-order valence-electron chi connectivity index (χ1n) is 8.30. The van der Waals surface area contributed by atoms with E-state index in [1.165, 1.54) is 6.42 Å². The molecule has 24 heavy (non-hydrogen) atoms. The molecule has 3 rings (SSSR count). The molecule has 128 valence electrons. The van der Waals surface area contributed by atoms with Crippen LogP contribution in [-0.4, -0.2) is 35.5 Å². The zero-order valence-electron chi connectivity index (χ0n) is 13.9. The maximum Gasteiger partial charge on any atom is 0.229 e. The average molecular weight is 329 g/mol. The number of aromatic nitrogens is 2. The molecule has 0 spiro atoms. The van der Waals surface area contributed by atoms with Gasteiger partial charge in [-0.15, -0.1) is 0 Å². The van der Waals surface area contributed by atoms with Crippen molar-refractivity contribution in [3.8, 4) is 5.75 Å². The zero-order chi connectivity index (χ0) is 16.8. The van der Waals surface area contributed by atoms with E-state index in [1.807, 2.05) is 35.1 Å². The molecule has 1 N–H and O–H groups in total. The van der Waals surface area contributed by atoms with Gasteiger partial charge in [0.25, 0.3) is 0 Å². The molecule has 0 radical (unpaired) electrons. The maximum atomic E-state index is 12.2. The monoisotopic (exact) mass is 329 g/mol. The lowest BCUT2D eigenvalue weighted by Gasteiger charge is -2.22. The number of carbonyl (C=O) groups excluding carboxylic acids is 1. The molecule has 6 heteroatoms. The number of hydrogen-bond donors (Lipinski definition) is 1. The van der Waals surface area contributed by atoms with Gasteiger partial charge in [-0.1, -0.05) is 18.2 Å². The van der Waals surface area contributed by atoms with Crippen molar-refractivity contribution in [3.63, 3.8) is 0 Å². The third-order valence-corrected chi connectivity index (χ3v) is 4.13. The first kappa shape index (κ1) is 16.5. The van der Waals surface area contributed by atoms with E-state index >= 15 is 0 Å². The first-order valence-corrected chi connectivity index (χ1v) is 8.30. The second-order valence-electron chi connectivity index (χ2n) is 5.98. The number of anilines is 1. The lowest BCUT2D eigenvalue weighted by atomic mass is 10.1. The van der Waals surface area contributed by atoms with Crippen molar-refractivity contribution >= 4 is 11.6 Å². The van der Waals surface area contributed by atoms with Gasteiger partial charge in [0.15, 0.2) is 0 Å². The Balaban J connectivity index is 1.55. The Labute approximate surface area is 141 Å². The van der Waals surface area contributed by atoms with Crippen LogP contribution < -0.4 is 10.1 Å². The molecule has 1 aliphatic rings. The highest BCUT2D eigenvalue weighted by Crippen LogP contribution is 2.19. The number of amides is 1. The molecule has 1 atom stereocenters. The van der Waals surface area contributed by atoms with E-state index < -0.39 is 0 Å². The van der Waals surface area contributed by atoms with E-state index in [9.17, 15) is 4.79 Å². The van der Waals surface area contributed by atoms with Gasteiger partial charge in [-0.2, -0.15) is 5.10 Å². The Kier molecular flexibility index (Phi) is 5.48. The first-order chi connectivity index (χ1) is 11.7. The van der Waals surface area contributed by atoms with Crippen molar-refractivity contribution < 1.29 is 14.3 Å². The lowest BCUT2D eigenvalue weighted by molar-refractivity contribution is -0.115. The number of hydrogen-bond acceptors (Lipinski definition) is 4. The van der Waals surface area contributed by atoms with Crippen molar-refractivity contribution in [2.45, 2.75) is 38.3 Å². The SMILES string of the molecule is COc1ccccc1CC(=O)Nc1cnn(CC2CCCCO2)c1. The molecule has 1 aromatic carbocycles. The summed E-state index contributed by atoms with van der Waals surface area (Å²) in [5, 5.41) is 7.18.